The van der Waals surface area contributed by atoms with E-state index in [2.05, 4.69) is 20.3 Å². The van der Waals surface area contributed by atoms with Crippen molar-refractivity contribution in [1.29, 1.82) is 0 Å². The number of nitrogens with two attached hydrogens (primary N) is 1. The van der Waals surface area contributed by atoms with E-state index in [9.17, 15) is 4.79 Å². The fourth-order valence-electron chi connectivity index (χ4n) is 1.46. The number of ether oxygens (including phenoxy) is 1. The largest absolute Gasteiger partial charge is 0.461 e. The smallest absolute Gasteiger partial charge is 0.323 e. The van der Waals surface area contributed by atoms with Crippen LogP contribution in [0.1, 0.15) is 27.7 Å². The maximum atomic E-state index is 11.8. The number of nitrogen functional groups attached to an aromatic ring is 1. The molecular weight excluding hydrogens is 272 g/mol. The van der Waals surface area contributed by atoms with Gasteiger partial charge in [0.15, 0.2) is 0 Å². The minimum absolute atomic E-state index is 0.0603. The van der Waals surface area contributed by atoms with Crippen molar-refractivity contribution in [2.75, 3.05) is 30.8 Å². The Morgan fingerprint density at radius 1 is 1.29 bits per heavy atom. The first kappa shape index (κ1) is 16.9. The molecule has 0 bridgehead atoms. The molecule has 21 heavy (non-hydrogen) atoms. The predicted molar refractivity (Wildman–Crippen MR) is 81.1 cm³/mol. The van der Waals surface area contributed by atoms with Crippen LogP contribution < -0.4 is 20.7 Å². The normalized spacial score (nSPS) is 10.8. The van der Waals surface area contributed by atoms with Gasteiger partial charge in [-0.2, -0.15) is 15.0 Å². The molecule has 1 amide bonds. The first-order valence-corrected chi connectivity index (χ1v) is 6.94. The lowest BCUT2D eigenvalue weighted by Crippen LogP contribution is -2.37. The molecule has 1 rings (SSSR count). The predicted octanol–water partition coefficient (Wildman–Crippen LogP) is 0.449. The highest BCUT2D eigenvalue weighted by Gasteiger charge is 2.14. The molecule has 118 valence electrons. The van der Waals surface area contributed by atoms with Crippen molar-refractivity contribution in [2.24, 2.45) is 5.92 Å². The molecule has 1 heterocycles. The van der Waals surface area contributed by atoms with Gasteiger partial charge in [0.1, 0.15) is 0 Å². The number of carbonyl (C=O) groups is 1. The van der Waals surface area contributed by atoms with Crippen LogP contribution in [0.4, 0.5) is 11.9 Å². The second-order valence-electron chi connectivity index (χ2n) is 5.50. The van der Waals surface area contributed by atoms with Crippen molar-refractivity contribution >= 4 is 17.8 Å². The summed E-state index contributed by atoms with van der Waals surface area (Å²) in [4.78, 5) is 25.4. The van der Waals surface area contributed by atoms with Crippen LogP contribution in [0.25, 0.3) is 0 Å². The molecule has 0 aliphatic rings. The van der Waals surface area contributed by atoms with E-state index in [1.807, 2.05) is 27.7 Å². The molecule has 0 saturated carbocycles. The van der Waals surface area contributed by atoms with E-state index in [1.165, 1.54) is 0 Å². The van der Waals surface area contributed by atoms with Gasteiger partial charge in [0.2, 0.25) is 17.8 Å². The molecule has 0 aliphatic heterocycles. The van der Waals surface area contributed by atoms with Crippen molar-refractivity contribution in [3.63, 3.8) is 0 Å². The third-order valence-corrected chi connectivity index (χ3v) is 2.39. The van der Waals surface area contributed by atoms with E-state index in [0.717, 1.165) is 0 Å². The van der Waals surface area contributed by atoms with E-state index in [-0.39, 0.29) is 30.5 Å². The minimum atomic E-state index is -0.100. The maximum Gasteiger partial charge on any atom is 0.323 e. The summed E-state index contributed by atoms with van der Waals surface area (Å²) in [7, 11) is 1.71. The van der Waals surface area contributed by atoms with Crippen molar-refractivity contribution in [3.05, 3.63) is 0 Å². The van der Waals surface area contributed by atoms with Gasteiger partial charge in [0.25, 0.3) is 0 Å². The number of nitrogens with zero attached hydrogens (tertiary/aromatic N) is 4. The number of likely N-dealkylation sites (N-methyl/N-ethyl adjacent to an activating group) is 1. The number of amides is 1. The molecule has 3 N–H and O–H groups in total. The Balaban J connectivity index is 2.70. The Morgan fingerprint density at radius 3 is 2.52 bits per heavy atom. The molecule has 0 aromatic carbocycles. The summed E-state index contributed by atoms with van der Waals surface area (Å²) in [5.41, 5.74) is 5.63. The zero-order valence-electron chi connectivity index (χ0n) is 13.3. The van der Waals surface area contributed by atoms with Gasteiger partial charge >= 0.3 is 6.01 Å². The lowest BCUT2D eigenvalue weighted by atomic mass is 10.2. The molecule has 0 radical (unpaired) electrons. The van der Waals surface area contributed by atoms with E-state index < -0.39 is 0 Å². The summed E-state index contributed by atoms with van der Waals surface area (Å²) in [5.74, 6) is 0.664. The third-order valence-electron chi connectivity index (χ3n) is 2.39. The van der Waals surface area contributed by atoms with Crippen molar-refractivity contribution in [1.82, 2.24) is 20.3 Å². The van der Waals surface area contributed by atoms with Gasteiger partial charge < -0.3 is 20.7 Å². The molecule has 0 saturated heterocycles. The molecule has 8 heteroatoms. The number of hydrogen-bond acceptors (Lipinski definition) is 7. The molecule has 0 fully saturated rings. The number of hydrogen-bond donors (Lipinski definition) is 2. The van der Waals surface area contributed by atoms with Crippen LogP contribution in [0.5, 0.6) is 6.01 Å². The maximum absolute atomic E-state index is 11.8. The summed E-state index contributed by atoms with van der Waals surface area (Å²) < 4.78 is 5.40. The molecule has 0 atom stereocenters. The lowest BCUT2D eigenvalue weighted by Gasteiger charge is -2.18. The molecular formula is C13H24N6O2. The number of carbonyl (C=O) groups excluding carboxylic acids is 1. The fraction of sp³-hybridized carbons (Fsp3) is 0.692. The van der Waals surface area contributed by atoms with E-state index in [0.29, 0.717) is 18.4 Å². The summed E-state index contributed by atoms with van der Waals surface area (Å²) in [6.07, 6.45) is -0.0701. The highest BCUT2D eigenvalue weighted by atomic mass is 16.5. The summed E-state index contributed by atoms with van der Waals surface area (Å²) in [6, 6.07) is 0.155. The molecule has 0 aliphatic carbocycles. The molecule has 0 spiro atoms. The van der Waals surface area contributed by atoms with Gasteiger partial charge in [-0.15, -0.1) is 0 Å². The fourth-order valence-corrected chi connectivity index (χ4v) is 1.46. The van der Waals surface area contributed by atoms with E-state index in [1.54, 1.807) is 11.9 Å². The van der Waals surface area contributed by atoms with Gasteiger partial charge in [-0.3, -0.25) is 4.79 Å². The minimum Gasteiger partial charge on any atom is -0.461 e. The first-order valence-electron chi connectivity index (χ1n) is 6.94. The van der Waals surface area contributed by atoms with Crippen molar-refractivity contribution in [2.45, 2.75) is 33.8 Å². The van der Waals surface area contributed by atoms with E-state index >= 15 is 0 Å². The van der Waals surface area contributed by atoms with Crippen LogP contribution in [0.3, 0.4) is 0 Å². The van der Waals surface area contributed by atoms with Gasteiger partial charge in [0, 0.05) is 13.6 Å². The van der Waals surface area contributed by atoms with Gasteiger partial charge in [-0.25, -0.2) is 0 Å². The summed E-state index contributed by atoms with van der Waals surface area (Å²) >= 11 is 0. The topological polar surface area (TPSA) is 106 Å². The first-order chi connectivity index (χ1) is 9.77. The lowest BCUT2D eigenvalue weighted by molar-refractivity contribution is -0.119. The Kier molecular flexibility index (Phi) is 6.13. The van der Waals surface area contributed by atoms with Crippen molar-refractivity contribution < 1.29 is 9.53 Å². The molecule has 1 aromatic rings. The number of nitrogens with one attached hydrogen (secondary N) is 1. The Morgan fingerprint density at radius 2 is 1.95 bits per heavy atom. The van der Waals surface area contributed by atoms with Crippen LogP contribution in [-0.4, -0.2) is 47.1 Å². The van der Waals surface area contributed by atoms with Gasteiger partial charge in [-0.05, 0) is 19.8 Å². The van der Waals surface area contributed by atoms with Crippen LogP contribution in [-0.2, 0) is 4.79 Å². The van der Waals surface area contributed by atoms with Gasteiger partial charge in [0.05, 0.1) is 12.6 Å². The number of anilines is 2. The monoisotopic (exact) mass is 296 g/mol. The van der Waals surface area contributed by atoms with Crippen LogP contribution in [0.2, 0.25) is 0 Å². The number of aromatic nitrogens is 3. The standard InChI is InChI=1S/C13H24N6O2/c1-8(2)6-15-10(20)7-19(5)12-16-11(14)17-13(18-12)21-9(3)4/h8-9H,6-7H2,1-5H3,(H,15,20)(H2,14,16,17,18). The Labute approximate surface area is 125 Å². The average Bonchev–Trinajstić information content (AvgIpc) is 2.34. The Bertz CT molecular complexity index is 478. The van der Waals surface area contributed by atoms with E-state index in [4.69, 9.17) is 10.5 Å². The quantitative estimate of drug-likeness (QED) is 0.752. The zero-order chi connectivity index (χ0) is 16.0. The van der Waals surface area contributed by atoms with Gasteiger partial charge in [-0.1, -0.05) is 13.8 Å². The highest BCUT2D eigenvalue weighted by Crippen LogP contribution is 2.13. The van der Waals surface area contributed by atoms with Crippen LogP contribution >= 0.6 is 0 Å². The average molecular weight is 296 g/mol. The second kappa shape index (κ2) is 7.61. The number of rotatable bonds is 7. The third kappa shape index (κ3) is 6.24. The molecule has 0 unspecified atom stereocenters. The SMILES string of the molecule is CC(C)CNC(=O)CN(C)c1nc(N)nc(OC(C)C)n1. The second-order valence-corrected chi connectivity index (χ2v) is 5.50. The highest BCUT2D eigenvalue weighted by molar-refractivity contribution is 5.80. The van der Waals surface area contributed by atoms with Crippen molar-refractivity contribution in [3.8, 4) is 6.01 Å². The van der Waals surface area contributed by atoms with Crippen LogP contribution in [0.15, 0.2) is 0 Å². The summed E-state index contributed by atoms with van der Waals surface area (Å²) in [6.45, 7) is 8.56. The molecule has 8 nitrogen and oxygen atoms in total. The zero-order valence-corrected chi connectivity index (χ0v) is 13.3. The summed E-state index contributed by atoms with van der Waals surface area (Å²) in [5, 5.41) is 2.83. The van der Waals surface area contributed by atoms with Crippen LogP contribution in [0, 0.1) is 5.92 Å². The molecule has 1 aromatic heterocycles. The Hall–Kier alpha value is -2.12.